The number of carbonyl (C=O) groups is 2. The van der Waals surface area contributed by atoms with Gasteiger partial charge < -0.3 is 10.1 Å². The SMILES string of the molecule is COC(=O)[C@H](CCSC)NC(=O)c1ccc(CN(Cc2ccc(F)cc2F)CC2CCCCC2)cc1-c1ccccc1C. The van der Waals surface area contributed by atoms with E-state index in [-0.39, 0.29) is 5.91 Å². The number of benzene rings is 3. The van der Waals surface area contributed by atoms with Crippen molar-refractivity contribution >= 4 is 23.6 Å². The van der Waals surface area contributed by atoms with Gasteiger partial charge in [-0.15, -0.1) is 0 Å². The van der Waals surface area contributed by atoms with Crippen LogP contribution in [0.1, 0.15) is 65.6 Å². The fourth-order valence-electron chi connectivity index (χ4n) is 5.92. The van der Waals surface area contributed by atoms with Gasteiger partial charge in [0.15, 0.2) is 0 Å². The number of nitrogens with zero attached hydrogens (tertiary/aromatic N) is 1. The van der Waals surface area contributed by atoms with Crippen LogP contribution in [0.4, 0.5) is 8.78 Å². The van der Waals surface area contributed by atoms with Crippen LogP contribution in [0, 0.1) is 24.5 Å². The van der Waals surface area contributed by atoms with Gasteiger partial charge in [0.25, 0.3) is 5.91 Å². The van der Waals surface area contributed by atoms with Gasteiger partial charge in [0.2, 0.25) is 0 Å². The standard InChI is InChI=1S/C35H42F2N2O3S/c1-24-9-7-8-12-29(24)31-19-26(13-16-30(31)34(40)38-33(17-18-43-3)35(41)42-2)22-39(21-25-10-5-4-6-11-25)23-27-14-15-28(36)20-32(27)37/h7-9,12-16,19-20,25,33H,4-6,10-11,17-18,21-23H2,1-3H3,(H,38,40)/t33-/m0/s1. The normalized spacial score (nSPS) is 14.5. The number of halogens is 2. The fourth-order valence-corrected chi connectivity index (χ4v) is 6.39. The monoisotopic (exact) mass is 608 g/mol. The summed E-state index contributed by atoms with van der Waals surface area (Å²) in [5, 5.41) is 2.90. The van der Waals surface area contributed by atoms with Crippen LogP contribution in [0.2, 0.25) is 0 Å². The molecule has 3 aromatic carbocycles. The zero-order chi connectivity index (χ0) is 30.8. The topological polar surface area (TPSA) is 58.6 Å². The molecule has 1 saturated carbocycles. The molecule has 0 bridgehead atoms. The molecule has 1 N–H and O–H groups in total. The van der Waals surface area contributed by atoms with Crippen molar-refractivity contribution in [3.8, 4) is 11.1 Å². The number of carbonyl (C=O) groups excluding carboxylic acids is 2. The molecule has 43 heavy (non-hydrogen) atoms. The van der Waals surface area contributed by atoms with Gasteiger partial charge in [-0.05, 0) is 84.6 Å². The molecule has 4 rings (SSSR count). The van der Waals surface area contributed by atoms with Crippen molar-refractivity contribution in [3.63, 3.8) is 0 Å². The quantitative estimate of drug-likeness (QED) is 0.203. The number of ether oxygens (including phenoxy) is 1. The van der Waals surface area contributed by atoms with Crippen LogP contribution < -0.4 is 5.32 Å². The van der Waals surface area contributed by atoms with E-state index in [2.05, 4.69) is 10.2 Å². The summed E-state index contributed by atoms with van der Waals surface area (Å²) in [6, 6.07) is 16.7. The molecule has 0 radical (unpaired) electrons. The predicted molar refractivity (Wildman–Crippen MR) is 170 cm³/mol. The highest BCUT2D eigenvalue weighted by Crippen LogP contribution is 2.30. The van der Waals surface area contributed by atoms with Crippen molar-refractivity contribution in [1.82, 2.24) is 10.2 Å². The molecule has 0 heterocycles. The average molecular weight is 609 g/mol. The number of hydrogen-bond donors (Lipinski definition) is 1. The zero-order valence-electron chi connectivity index (χ0n) is 25.3. The Labute approximate surface area is 258 Å². The first-order chi connectivity index (χ1) is 20.8. The van der Waals surface area contributed by atoms with E-state index in [1.54, 1.807) is 11.8 Å². The zero-order valence-corrected chi connectivity index (χ0v) is 26.2. The lowest BCUT2D eigenvalue weighted by atomic mass is 9.88. The van der Waals surface area contributed by atoms with E-state index in [4.69, 9.17) is 4.74 Å². The molecule has 3 aromatic rings. The molecule has 5 nitrogen and oxygen atoms in total. The lowest BCUT2D eigenvalue weighted by Crippen LogP contribution is -2.42. The first kappa shape index (κ1) is 32.7. The summed E-state index contributed by atoms with van der Waals surface area (Å²) in [4.78, 5) is 28.3. The number of nitrogens with one attached hydrogen (secondary N) is 1. The Bertz CT molecular complexity index is 1390. The van der Waals surface area contributed by atoms with E-state index in [1.807, 2.05) is 55.6 Å². The molecule has 1 amide bonds. The van der Waals surface area contributed by atoms with Crippen molar-refractivity contribution in [2.24, 2.45) is 5.92 Å². The van der Waals surface area contributed by atoms with Crippen molar-refractivity contribution in [2.75, 3.05) is 25.7 Å². The van der Waals surface area contributed by atoms with Crippen LogP contribution in [-0.4, -0.2) is 48.5 Å². The van der Waals surface area contributed by atoms with E-state index >= 15 is 0 Å². The molecule has 1 atom stereocenters. The fraction of sp³-hybridized carbons (Fsp3) is 0.429. The minimum Gasteiger partial charge on any atom is -0.467 e. The molecule has 0 aromatic heterocycles. The maximum absolute atomic E-state index is 14.7. The molecular weight excluding hydrogens is 566 g/mol. The number of aryl methyl sites for hydroxylation is 1. The van der Waals surface area contributed by atoms with Gasteiger partial charge in [-0.25, -0.2) is 13.6 Å². The molecule has 1 fully saturated rings. The molecule has 8 heteroatoms. The third-order valence-corrected chi connectivity index (χ3v) is 8.87. The highest BCUT2D eigenvalue weighted by molar-refractivity contribution is 7.98. The van der Waals surface area contributed by atoms with E-state index in [0.717, 1.165) is 47.7 Å². The first-order valence-corrected chi connectivity index (χ1v) is 16.4. The molecule has 0 unspecified atom stereocenters. The Hall–Kier alpha value is -3.23. The second-order valence-electron chi connectivity index (χ2n) is 11.4. The van der Waals surface area contributed by atoms with Crippen molar-refractivity contribution < 1.29 is 23.1 Å². The van der Waals surface area contributed by atoms with Crippen molar-refractivity contribution in [2.45, 2.75) is 64.6 Å². The van der Waals surface area contributed by atoms with E-state index < -0.39 is 23.6 Å². The van der Waals surface area contributed by atoms with Gasteiger partial charge in [0.1, 0.15) is 17.7 Å². The van der Waals surface area contributed by atoms with Gasteiger partial charge in [-0.2, -0.15) is 11.8 Å². The molecule has 0 aliphatic heterocycles. The summed E-state index contributed by atoms with van der Waals surface area (Å²) in [6.45, 7) is 3.73. The third-order valence-electron chi connectivity index (χ3n) is 8.22. The minimum atomic E-state index is -0.745. The van der Waals surface area contributed by atoms with Crippen molar-refractivity contribution in [1.29, 1.82) is 0 Å². The predicted octanol–water partition coefficient (Wildman–Crippen LogP) is 7.55. The van der Waals surface area contributed by atoms with E-state index in [9.17, 15) is 18.4 Å². The van der Waals surface area contributed by atoms with Crippen LogP contribution in [-0.2, 0) is 22.6 Å². The Balaban J connectivity index is 1.66. The first-order valence-electron chi connectivity index (χ1n) is 15.0. The second-order valence-corrected chi connectivity index (χ2v) is 12.4. The molecule has 0 saturated heterocycles. The molecule has 1 aliphatic rings. The highest BCUT2D eigenvalue weighted by Gasteiger charge is 2.25. The average Bonchev–Trinajstić information content (AvgIpc) is 3.00. The molecule has 1 aliphatic carbocycles. The summed E-state index contributed by atoms with van der Waals surface area (Å²) in [6.07, 6.45) is 8.37. The van der Waals surface area contributed by atoms with Gasteiger partial charge in [-0.1, -0.05) is 55.7 Å². The summed E-state index contributed by atoms with van der Waals surface area (Å²) in [5.74, 6) is -0.705. The third kappa shape index (κ3) is 9.13. The number of thioether (sulfide) groups is 1. The Morgan fingerprint density at radius 3 is 2.47 bits per heavy atom. The Morgan fingerprint density at radius 1 is 1.00 bits per heavy atom. The van der Waals surface area contributed by atoms with Gasteiger partial charge in [-0.3, -0.25) is 9.69 Å². The van der Waals surface area contributed by atoms with Gasteiger partial charge >= 0.3 is 5.97 Å². The lowest BCUT2D eigenvalue weighted by molar-refractivity contribution is -0.142. The second kappa shape index (κ2) is 16.0. The molecule has 0 spiro atoms. The van der Waals surface area contributed by atoms with Crippen LogP contribution >= 0.6 is 11.8 Å². The lowest BCUT2D eigenvalue weighted by Gasteiger charge is -2.30. The maximum Gasteiger partial charge on any atom is 0.328 e. The number of methoxy groups -OCH3 is 1. The van der Waals surface area contributed by atoms with Crippen molar-refractivity contribution in [3.05, 3.63) is 94.6 Å². The largest absolute Gasteiger partial charge is 0.467 e. The highest BCUT2D eigenvalue weighted by atomic mass is 32.2. The van der Waals surface area contributed by atoms with Crippen LogP contribution in [0.25, 0.3) is 11.1 Å². The number of hydrogen-bond acceptors (Lipinski definition) is 5. The maximum atomic E-state index is 14.7. The Morgan fingerprint density at radius 2 is 1.77 bits per heavy atom. The molecular formula is C35H42F2N2O3S. The van der Waals surface area contributed by atoms with Crippen LogP contribution in [0.5, 0.6) is 0 Å². The van der Waals surface area contributed by atoms with Crippen LogP contribution in [0.15, 0.2) is 60.7 Å². The van der Waals surface area contributed by atoms with Gasteiger partial charge in [0, 0.05) is 36.8 Å². The van der Waals surface area contributed by atoms with E-state index in [1.165, 1.54) is 38.5 Å². The summed E-state index contributed by atoms with van der Waals surface area (Å²) < 4.78 is 33.3. The van der Waals surface area contributed by atoms with Gasteiger partial charge in [0.05, 0.1) is 7.11 Å². The Kier molecular flexibility index (Phi) is 12.2. The molecule has 230 valence electrons. The van der Waals surface area contributed by atoms with Crippen LogP contribution in [0.3, 0.4) is 0 Å². The summed E-state index contributed by atoms with van der Waals surface area (Å²) in [5.41, 5.74) is 4.64. The summed E-state index contributed by atoms with van der Waals surface area (Å²) >= 11 is 1.60. The summed E-state index contributed by atoms with van der Waals surface area (Å²) in [7, 11) is 1.32. The minimum absolute atomic E-state index is 0.339. The number of rotatable bonds is 13. The van der Waals surface area contributed by atoms with E-state index in [0.29, 0.717) is 42.3 Å². The number of amides is 1. The smallest absolute Gasteiger partial charge is 0.328 e. The number of esters is 1.